The molecule has 0 spiro atoms. The third-order valence-corrected chi connectivity index (χ3v) is 5.02. The lowest BCUT2D eigenvalue weighted by Gasteiger charge is -2.20. The van der Waals surface area contributed by atoms with Crippen LogP contribution in [-0.2, 0) is 10.5 Å². The highest BCUT2D eigenvalue weighted by molar-refractivity contribution is 8.02. The summed E-state index contributed by atoms with van der Waals surface area (Å²) in [5.74, 6) is 1.32. The number of methoxy groups -OCH3 is 1. The van der Waals surface area contributed by atoms with E-state index in [1.165, 1.54) is 30.0 Å². The fourth-order valence-corrected chi connectivity index (χ4v) is 3.16. The van der Waals surface area contributed by atoms with Gasteiger partial charge in [0, 0.05) is 30.6 Å². The second-order valence-electron chi connectivity index (χ2n) is 7.35. The summed E-state index contributed by atoms with van der Waals surface area (Å²) in [6, 6.07) is 11.6. The Bertz CT molecular complexity index is 924. The molecule has 0 radical (unpaired) electrons. The Morgan fingerprint density at radius 2 is 1.94 bits per heavy atom. The van der Waals surface area contributed by atoms with Gasteiger partial charge >= 0.3 is 0 Å². The maximum atomic E-state index is 13.0. The quantitative estimate of drug-likeness (QED) is 0.238. The van der Waals surface area contributed by atoms with Crippen molar-refractivity contribution < 1.29 is 23.8 Å². The number of hydrogen-bond donors (Lipinski definition) is 1. The van der Waals surface area contributed by atoms with Gasteiger partial charge in [0.15, 0.2) is 11.5 Å². The predicted octanol–water partition coefficient (Wildman–Crippen LogP) is 4.42. The maximum Gasteiger partial charge on any atom is 0.162 e. The van der Waals surface area contributed by atoms with E-state index in [-0.39, 0.29) is 12.4 Å². The van der Waals surface area contributed by atoms with E-state index in [2.05, 4.69) is 4.99 Å². The first-order valence-electron chi connectivity index (χ1n) is 9.55. The molecule has 0 aliphatic rings. The standard InChI is InChI=1S/C23H27FN2O4S/c1-23(2,28)15-30-20-10-9-19(13-21(20)29-4)26(3)16-25-22(11-12-27)31-14-17-5-7-18(24)8-6-17/h5-13,16,28H,14-15H2,1-4H3/b22-11+,25-16-. The molecule has 6 nitrogen and oxygen atoms in total. The maximum absolute atomic E-state index is 13.0. The first-order chi connectivity index (χ1) is 14.7. The molecule has 2 aromatic carbocycles. The molecule has 0 aliphatic heterocycles. The highest BCUT2D eigenvalue weighted by Crippen LogP contribution is 2.32. The van der Waals surface area contributed by atoms with Gasteiger partial charge in [0.2, 0.25) is 0 Å². The predicted molar refractivity (Wildman–Crippen MR) is 124 cm³/mol. The van der Waals surface area contributed by atoms with Crippen molar-refractivity contribution in [3.05, 3.63) is 65.0 Å². The number of halogens is 1. The molecule has 8 heteroatoms. The molecule has 0 saturated carbocycles. The molecule has 31 heavy (non-hydrogen) atoms. The number of aliphatic hydroxyl groups is 1. The largest absolute Gasteiger partial charge is 0.493 e. The topological polar surface area (TPSA) is 71.4 Å². The van der Waals surface area contributed by atoms with Gasteiger partial charge in [-0.2, -0.15) is 0 Å². The van der Waals surface area contributed by atoms with E-state index in [0.29, 0.717) is 28.6 Å². The SMILES string of the molecule is COc1cc(N(C)/C=N\C(=C/C=O)SCc2ccc(F)cc2)ccc1OCC(C)(C)O. The minimum absolute atomic E-state index is 0.130. The normalized spacial score (nSPS) is 12.1. The number of carbonyl (C=O) groups excluding carboxylic acids is 1. The van der Waals surface area contributed by atoms with Crippen LogP contribution < -0.4 is 14.4 Å². The Kier molecular flexibility index (Phi) is 9.08. The number of allylic oxidation sites excluding steroid dienone is 1. The average Bonchev–Trinajstić information content (AvgIpc) is 2.74. The fraction of sp³-hybridized carbons (Fsp3) is 0.304. The van der Waals surface area contributed by atoms with Crippen LogP contribution >= 0.6 is 11.8 Å². The molecule has 0 heterocycles. The lowest BCUT2D eigenvalue weighted by Crippen LogP contribution is -2.28. The molecule has 2 rings (SSSR count). The average molecular weight is 447 g/mol. The number of aliphatic imine (C=N–C) groups is 1. The summed E-state index contributed by atoms with van der Waals surface area (Å²) >= 11 is 1.38. The lowest BCUT2D eigenvalue weighted by molar-refractivity contribution is -0.104. The van der Waals surface area contributed by atoms with Gasteiger partial charge in [0.25, 0.3) is 0 Å². The van der Waals surface area contributed by atoms with Crippen molar-refractivity contribution in [2.24, 2.45) is 4.99 Å². The van der Waals surface area contributed by atoms with Crippen LogP contribution in [0.2, 0.25) is 0 Å². The number of hydrogen-bond acceptors (Lipinski definition) is 6. The summed E-state index contributed by atoms with van der Waals surface area (Å²) in [5, 5.41) is 10.4. The number of anilines is 1. The van der Waals surface area contributed by atoms with Gasteiger partial charge in [0.1, 0.15) is 23.7 Å². The van der Waals surface area contributed by atoms with E-state index < -0.39 is 5.60 Å². The minimum Gasteiger partial charge on any atom is -0.493 e. The molecule has 0 saturated heterocycles. The van der Waals surface area contributed by atoms with Crippen molar-refractivity contribution in [3.63, 3.8) is 0 Å². The molecule has 0 aromatic heterocycles. The summed E-state index contributed by atoms with van der Waals surface area (Å²) in [5.41, 5.74) is 0.767. The van der Waals surface area contributed by atoms with Gasteiger partial charge in [0.05, 0.1) is 19.0 Å². The van der Waals surface area contributed by atoms with Crippen LogP contribution in [0.1, 0.15) is 19.4 Å². The first-order valence-corrected chi connectivity index (χ1v) is 10.5. The molecule has 0 bridgehead atoms. The van der Waals surface area contributed by atoms with Gasteiger partial charge in [-0.05, 0) is 43.7 Å². The second-order valence-corrected chi connectivity index (χ2v) is 8.34. The molecule has 166 valence electrons. The number of benzene rings is 2. The molecule has 0 aliphatic carbocycles. The summed E-state index contributed by atoms with van der Waals surface area (Å²) < 4.78 is 24.1. The Labute approximate surface area is 186 Å². The van der Waals surface area contributed by atoms with Gasteiger partial charge in [-0.25, -0.2) is 9.38 Å². The van der Waals surface area contributed by atoms with E-state index in [4.69, 9.17) is 9.47 Å². The van der Waals surface area contributed by atoms with Crippen LogP contribution in [-0.4, -0.2) is 44.1 Å². The first kappa shape index (κ1) is 24.4. The van der Waals surface area contributed by atoms with Crippen molar-refractivity contribution in [1.29, 1.82) is 0 Å². The Hall–Kier alpha value is -2.84. The van der Waals surface area contributed by atoms with Crippen LogP contribution in [0.5, 0.6) is 11.5 Å². The van der Waals surface area contributed by atoms with Crippen molar-refractivity contribution in [3.8, 4) is 11.5 Å². The fourth-order valence-electron chi connectivity index (χ4n) is 2.38. The smallest absolute Gasteiger partial charge is 0.162 e. The molecule has 1 N–H and O–H groups in total. The number of rotatable bonds is 11. The lowest BCUT2D eigenvalue weighted by atomic mass is 10.2. The van der Waals surface area contributed by atoms with Crippen LogP contribution in [0.25, 0.3) is 0 Å². The third-order valence-electron chi connectivity index (χ3n) is 4.00. The Morgan fingerprint density at radius 3 is 2.55 bits per heavy atom. The van der Waals surface area contributed by atoms with Crippen LogP contribution in [0, 0.1) is 5.82 Å². The monoisotopic (exact) mass is 446 g/mol. The number of aldehydes is 1. The summed E-state index contributed by atoms with van der Waals surface area (Å²) in [4.78, 5) is 17.1. The Balaban J connectivity index is 2.06. The number of carbonyl (C=O) groups is 1. The van der Waals surface area contributed by atoms with Gasteiger partial charge < -0.3 is 19.5 Å². The second kappa shape index (κ2) is 11.5. The number of thioether (sulfide) groups is 1. The molecule has 2 aromatic rings. The highest BCUT2D eigenvalue weighted by atomic mass is 32.2. The summed E-state index contributed by atoms with van der Waals surface area (Å²) in [6.45, 7) is 3.46. The van der Waals surface area contributed by atoms with Gasteiger partial charge in [-0.15, -0.1) is 11.8 Å². The van der Waals surface area contributed by atoms with Crippen molar-refractivity contribution in [2.75, 3.05) is 25.7 Å². The zero-order valence-electron chi connectivity index (χ0n) is 18.0. The number of nitrogens with zero attached hydrogens (tertiary/aromatic N) is 2. The molecule has 0 fully saturated rings. The van der Waals surface area contributed by atoms with E-state index in [1.807, 2.05) is 13.1 Å². The van der Waals surface area contributed by atoms with E-state index in [9.17, 15) is 14.3 Å². The molecule has 0 unspecified atom stereocenters. The summed E-state index contributed by atoms with van der Waals surface area (Å²) in [7, 11) is 3.36. The van der Waals surface area contributed by atoms with Crippen LogP contribution in [0.4, 0.5) is 10.1 Å². The highest BCUT2D eigenvalue weighted by Gasteiger charge is 2.15. The van der Waals surface area contributed by atoms with Gasteiger partial charge in [-0.1, -0.05) is 12.1 Å². The third kappa shape index (κ3) is 8.43. The van der Waals surface area contributed by atoms with Crippen molar-refractivity contribution in [1.82, 2.24) is 0 Å². The van der Waals surface area contributed by atoms with Crippen LogP contribution in [0.3, 0.4) is 0 Å². The van der Waals surface area contributed by atoms with Crippen molar-refractivity contribution in [2.45, 2.75) is 25.2 Å². The molecule has 0 amide bonds. The zero-order valence-corrected chi connectivity index (χ0v) is 18.9. The zero-order chi connectivity index (χ0) is 22.9. The van der Waals surface area contributed by atoms with E-state index in [0.717, 1.165) is 11.3 Å². The minimum atomic E-state index is -0.958. The van der Waals surface area contributed by atoms with Gasteiger partial charge in [-0.3, -0.25) is 4.79 Å². The summed E-state index contributed by atoms with van der Waals surface area (Å²) in [6.07, 6.45) is 3.66. The molecular weight excluding hydrogens is 419 g/mol. The van der Waals surface area contributed by atoms with Crippen LogP contribution in [0.15, 0.2) is 58.6 Å². The Morgan fingerprint density at radius 1 is 1.23 bits per heavy atom. The molecular formula is C23H27FN2O4S. The van der Waals surface area contributed by atoms with E-state index >= 15 is 0 Å². The van der Waals surface area contributed by atoms with E-state index in [1.54, 1.807) is 56.5 Å². The van der Waals surface area contributed by atoms with Crippen molar-refractivity contribution >= 4 is 30.1 Å². The molecule has 0 atom stereocenters. The number of ether oxygens (including phenoxy) is 2.